The van der Waals surface area contributed by atoms with E-state index in [1.54, 1.807) is 6.20 Å². The summed E-state index contributed by atoms with van der Waals surface area (Å²) in [5.41, 5.74) is 0. The number of nitrogens with one attached hydrogen (secondary N) is 1. The molecule has 15 heavy (non-hydrogen) atoms. The first-order valence-electron chi connectivity index (χ1n) is 5.18. The molecule has 1 heterocycles. The third-order valence-electron chi connectivity index (χ3n) is 2.70. The number of amides is 1. The Balaban J connectivity index is 1.96. The first-order valence-corrected chi connectivity index (χ1v) is 6.26. The fourth-order valence-electron chi connectivity index (χ4n) is 1.87. The Labute approximate surface area is 103 Å². The second-order valence-corrected chi connectivity index (χ2v) is 5.08. The van der Waals surface area contributed by atoms with Crippen LogP contribution in [0.5, 0.6) is 0 Å². The second-order valence-electron chi connectivity index (χ2n) is 3.83. The summed E-state index contributed by atoms with van der Waals surface area (Å²) in [6, 6.07) is 3.78. The van der Waals surface area contributed by atoms with Crippen molar-refractivity contribution in [3.63, 3.8) is 0 Å². The molecule has 0 saturated heterocycles. The van der Waals surface area contributed by atoms with Crippen LogP contribution in [0.3, 0.4) is 0 Å². The Bertz CT molecular complexity index is 344. The van der Waals surface area contributed by atoms with Crippen LogP contribution in [0.25, 0.3) is 0 Å². The normalized spacial score (nSPS) is 16.6. The minimum absolute atomic E-state index is 0.126. The number of rotatable bonds is 2. The van der Waals surface area contributed by atoms with E-state index in [9.17, 15) is 4.79 Å². The number of carbonyl (C=O) groups excluding carboxylic acids is 1. The summed E-state index contributed by atoms with van der Waals surface area (Å²) in [6.45, 7) is 0. The highest BCUT2D eigenvalue weighted by Crippen LogP contribution is 2.25. The largest absolute Gasteiger partial charge is 0.310 e. The molecule has 1 aliphatic rings. The standard InChI is InChI=1S/C11H13IN2O/c12-9-5-6-10(13-7-9)14-11(15)8-3-1-2-4-8/h5-8H,1-4H2,(H,13,14,15). The van der Waals surface area contributed by atoms with Gasteiger partial charge in [0.05, 0.1) is 0 Å². The molecule has 1 fully saturated rings. The van der Waals surface area contributed by atoms with Crippen molar-refractivity contribution in [3.8, 4) is 0 Å². The first-order chi connectivity index (χ1) is 7.25. The van der Waals surface area contributed by atoms with Crippen LogP contribution in [0.4, 0.5) is 5.82 Å². The maximum atomic E-state index is 11.7. The number of halogens is 1. The van der Waals surface area contributed by atoms with E-state index in [2.05, 4.69) is 32.9 Å². The van der Waals surface area contributed by atoms with E-state index >= 15 is 0 Å². The zero-order valence-corrected chi connectivity index (χ0v) is 10.5. The molecule has 0 bridgehead atoms. The molecule has 3 nitrogen and oxygen atoms in total. The van der Waals surface area contributed by atoms with Crippen molar-refractivity contribution in [1.29, 1.82) is 0 Å². The monoisotopic (exact) mass is 316 g/mol. The first kappa shape index (κ1) is 10.9. The zero-order chi connectivity index (χ0) is 10.7. The van der Waals surface area contributed by atoms with E-state index in [0.29, 0.717) is 5.82 Å². The van der Waals surface area contributed by atoms with Crippen molar-refractivity contribution in [2.45, 2.75) is 25.7 Å². The number of carbonyl (C=O) groups is 1. The van der Waals surface area contributed by atoms with Crippen molar-refractivity contribution in [2.24, 2.45) is 5.92 Å². The van der Waals surface area contributed by atoms with Gasteiger partial charge < -0.3 is 5.32 Å². The molecular weight excluding hydrogens is 303 g/mol. The molecule has 0 radical (unpaired) electrons. The van der Waals surface area contributed by atoms with Crippen molar-refractivity contribution in [3.05, 3.63) is 21.9 Å². The topological polar surface area (TPSA) is 42.0 Å². The molecule has 0 spiro atoms. The zero-order valence-electron chi connectivity index (χ0n) is 8.37. The number of nitrogens with zero attached hydrogens (tertiary/aromatic N) is 1. The molecular formula is C11H13IN2O. The fraction of sp³-hybridized carbons (Fsp3) is 0.455. The van der Waals surface area contributed by atoms with Gasteiger partial charge in [0.1, 0.15) is 5.82 Å². The van der Waals surface area contributed by atoms with Gasteiger partial charge in [-0.15, -0.1) is 0 Å². The fourth-order valence-corrected chi connectivity index (χ4v) is 2.19. The van der Waals surface area contributed by atoms with E-state index in [0.717, 1.165) is 16.4 Å². The van der Waals surface area contributed by atoms with Crippen molar-refractivity contribution >= 4 is 34.3 Å². The van der Waals surface area contributed by atoms with E-state index in [-0.39, 0.29) is 11.8 Å². The van der Waals surface area contributed by atoms with Crippen molar-refractivity contribution < 1.29 is 4.79 Å². The molecule has 80 valence electrons. The number of anilines is 1. The molecule has 1 aromatic heterocycles. The van der Waals surface area contributed by atoms with E-state index < -0.39 is 0 Å². The summed E-state index contributed by atoms with van der Waals surface area (Å²) in [7, 11) is 0. The highest BCUT2D eigenvalue weighted by molar-refractivity contribution is 14.1. The van der Waals surface area contributed by atoms with Crippen molar-refractivity contribution in [1.82, 2.24) is 4.98 Å². The van der Waals surface area contributed by atoms with Crippen LogP contribution in [-0.2, 0) is 4.79 Å². The molecule has 1 aromatic rings. The molecule has 0 atom stereocenters. The van der Waals surface area contributed by atoms with Gasteiger partial charge in [-0.1, -0.05) is 12.8 Å². The highest BCUT2D eigenvalue weighted by atomic mass is 127. The van der Waals surface area contributed by atoms with Crippen LogP contribution in [0, 0.1) is 9.49 Å². The van der Waals surface area contributed by atoms with Crippen LogP contribution >= 0.6 is 22.6 Å². The van der Waals surface area contributed by atoms with E-state index in [4.69, 9.17) is 0 Å². The predicted molar refractivity (Wildman–Crippen MR) is 67.5 cm³/mol. The lowest BCUT2D eigenvalue weighted by Crippen LogP contribution is -2.20. The second kappa shape index (κ2) is 4.92. The van der Waals surface area contributed by atoms with Gasteiger partial charge in [-0.2, -0.15) is 0 Å². The summed E-state index contributed by atoms with van der Waals surface area (Å²) in [5, 5.41) is 2.86. The lowest BCUT2D eigenvalue weighted by Gasteiger charge is -2.09. The minimum Gasteiger partial charge on any atom is -0.310 e. The van der Waals surface area contributed by atoms with Crippen LogP contribution in [-0.4, -0.2) is 10.9 Å². The average molecular weight is 316 g/mol. The maximum absolute atomic E-state index is 11.7. The van der Waals surface area contributed by atoms with Crippen LogP contribution in [0.1, 0.15) is 25.7 Å². The third kappa shape index (κ3) is 2.90. The highest BCUT2D eigenvalue weighted by Gasteiger charge is 2.22. The van der Waals surface area contributed by atoms with Gasteiger partial charge in [0.25, 0.3) is 0 Å². The Morgan fingerprint density at radius 3 is 2.73 bits per heavy atom. The number of hydrogen-bond acceptors (Lipinski definition) is 2. The number of hydrogen-bond donors (Lipinski definition) is 1. The molecule has 1 amide bonds. The molecule has 0 aliphatic heterocycles. The third-order valence-corrected chi connectivity index (χ3v) is 3.34. The lowest BCUT2D eigenvalue weighted by molar-refractivity contribution is -0.119. The van der Waals surface area contributed by atoms with Crippen LogP contribution in [0.15, 0.2) is 18.3 Å². The lowest BCUT2D eigenvalue weighted by atomic mass is 10.1. The molecule has 1 aliphatic carbocycles. The van der Waals surface area contributed by atoms with Crippen LogP contribution < -0.4 is 5.32 Å². The quantitative estimate of drug-likeness (QED) is 0.853. The number of pyridine rings is 1. The molecule has 4 heteroatoms. The molecule has 1 saturated carbocycles. The van der Waals surface area contributed by atoms with Gasteiger partial charge in [-0.25, -0.2) is 4.98 Å². The molecule has 0 aromatic carbocycles. The Morgan fingerprint density at radius 1 is 1.40 bits per heavy atom. The SMILES string of the molecule is O=C(Nc1ccc(I)cn1)C1CCCC1. The molecule has 1 N–H and O–H groups in total. The molecule has 2 rings (SSSR count). The summed E-state index contributed by atoms with van der Waals surface area (Å²) >= 11 is 2.19. The summed E-state index contributed by atoms with van der Waals surface area (Å²) in [5.74, 6) is 0.986. The van der Waals surface area contributed by atoms with E-state index in [1.807, 2.05) is 12.1 Å². The van der Waals surface area contributed by atoms with Crippen LogP contribution in [0.2, 0.25) is 0 Å². The van der Waals surface area contributed by atoms with Gasteiger partial charge in [-0.05, 0) is 47.6 Å². The summed E-state index contributed by atoms with van der Waals surface area (Å²) in [4.78, 5) is 15.9. The average Bonchev–Trinajstić information content (AvgIpc) is 2.74. The van der Waals surface area contributed by atoms with Gasteiger partial charge in [-0.3, -0.25) is 4.79 Å². The predicted octanol–water partition coefficient (Wildman–Crippen LogP) is 2.81. The van der Waals surface area contributed by atoms with Crippen molar-refractivity contribution in [2.75, 3.05) is 5.32 Å². The van der Waals surface area contributed by atoms with Gasteiger partial charge in [0.2, 0.25) is 5.91 Å². The smallest absolute Gasteiger partial charge is 0.228 e. The number of aromatic nitrogens is 1. The van der Waals surface area contributed by atoms with Gasteiger partial charge >= 0.3 is 0 Å². The van der Waals surface area contributed by atoms with Gasteiger partial charge in [0, 0.05) is 15.7 Å². The minimum atomic E-state index is 0.126. The molecule has 0 unspecified atom stereocenters. The summed E-state index contributed by atoms with van der Waals surface area (Å²) in [6.07, 6.45) is 6.16. The Hall–Kier alpha value is -0.650. The van der Waals surface area contributed by atoms with E-state index in [1.165, 1.54) is 12.8 Å². The van der Waals surface area contributed by atoms with Gasteiger partial charge in [0.15, 0.2) is 0 Å². The maximum Gasteiger partial charge on any atom is 0.228 e. The Morgan fingerprint density at radius 2 is 2.13 bits per heavy atom. The summed E-state index contributed by atoms with van der Waals surface area (Å²) < 4.78 is 1.08. The Kier molecular flexibility index (Phi) is 3.56.